The van der Waals surface area contributed by atoms with Gasteiger partial charge >= 0.3 is 12.1 Å². The van der Waals surface area contributed by atoms with Crippen LogP contribution in [0.3, 0.4) is 0 Å². The molecule has 2 aromatic heterocycles. The van der Waals surface area contributed by atoms with Crippen molar-refractivity contribution in [3.05, 3.63) is 167 Å². The van der Waals surface area contributed by atoms with E-state index in [1.807, 2.05) is 85.2 Å². The number of carbonyl (C=O) groups excluding carboxylic acids is 2. The number of alkyl halides is 1. The third-order valence-corrected chi connectivity index (χ3v) is 15.7. The average molecular weight is 975 g/mol. The van der Waals surface area contributed by atoms with Gasteiger partial charge < -0.3 is 19.3 Å². The molecule has 15 heteroatoms. The van der Waals surface area contributed by atoms with Crippen LogP contribution in [0.4, 0.5) is 23.8 Å². The predicted octanol–water partition coefficient (Wildman–Crippen LogP) is 9.25. The van der Waals surface area contributed by atoms with E-state index in [-0.39, 0.29) is 65.6 Å². The Hall–Kier alpha value is -6.84. The molecule has 12 rings (SSSR count). The Bertz CT molecular complexity index is 2990. The first kappa shape index (κ1) is 46.2. The molecule has 2 bridgehead atoms. The number of piperazine rings is 1. The van der Waals surface area contributed by atoms with Crippen LogP contribution >= 0.6 is 0 Å². The molecule has 6 atom stereocenters. The van der Waals surface area contributed by atoms with Gasteiger partial charge in [0, 0.05) is 56.1 Å². The maximum absolute atomic E-state index is 18.0. The SMILES string of the molecule is CC(C)(C)OC(=O)N1[C@@H]2CC[C@H]1CN(c1nc(OC[C@@]34CCCN3C[C@H](F)C4)nc3c(F)c(C4=CN(C(=O)C5CN5C(c5ccccc5)(c5ccccc5)c5ccccc5)Cc5cccc(F)c54)ncc13)C2. The third-order valence-electron chi connectivity index (χ3n) is 15.7. The summed E-state index contributed by atoms with van der Waals surface area (Å²) in [6.45, 7) is 8.03. The van der Waals surface area contributed by atoms with Crippen LogP contribution in [0.25, 0.3) is 16.5 Å². The molecule has 5 saturated heterocycles. The first-order valence-corrected chi connectivity index (χ1v) is 25.2. The molecule has 2 unspecified atom stereocenters. The number of carbonyl (C=O) groups is 2. The molecule has 6 aliphatic rings. The maximum Gasteiger partial charge on any atom is 0.410 e. The number of fused-ring (bicyclic) bond motifs is 5. The smallest absolute Gasteiger partial charge is 0.410 e. The standard InChI is InChI=1S/C57H57F3N8O4/c1-55(2,3)72-54(70)68-41-23-24-42(68)32-64(31-41)51-43-28-61-49(48(60)50(43)62-53(63-51)71-35-56-25-14-26-66(56)30-40(58)27-56)44-33-65(29-36-15-13-22-45(59)47(36)44)52(69)46-34-67(46)57(37-16-7-4-8-17-37,38-18-9-5-10-19-38)39-20-11-6-12-21-39/h4-13,15-22,28,33,40-42,46H,14,23-27,29-32,34-35H2,1-3H3/t40-,41-,42+,46?,56+,67?/m1/s1. The van der Waals surface area contributed by atoms with E-state index in [1.54, 1.807) is 17.0 Å². The molecule has 72 heavy (non-hydrogen) atoms. The fourth-order valence-corrected chi connectivity index (χ4v) is 12.6. The van der Waals surface area contributed by atoms with Gasteiger partial charge in [0.25, 0.3) is 0 Å². The second-order valence-corrected chi connectivity index (χ2v) is 21.3. The van der Waals surface area contributed by atoms with Crippen molar-refractivity contribution in [2.45, 2.75) is 100 Å². The van der Waals surface area contributed by atoms with Crippen LogP contribution in [-0.4, -0.2) is 121 Å². The molecule has 0 radical (unpaired) electrons. The summed E-state index contributed by atoms with van der Waals surface area (Å²) in [6.07, 6.45) is 5.19. The highest BCUT2D eigenvalue weighted by atomic mass is 19.1. The number of nitrogens with zero attached hydrogens (tertiary/aromatic N) is 8. The van der Waals surface area contributed by atoms with E-state index in [2.05, 4.69) is 46.2 Å². The van der Waals surface area contributed by atoms with Crippen LogP contribution in [0.15, 0.2) is 122 Å². The van der Waals surface area contributed by atoms with Crippen LogP contribution in [0.1, 0.15) is 86.4 Å². The van der Waals surface area contributed by atoms with E-state index < -0.39 is 40.5 Å². The number of hydrogen-bond donors (Lipinski definition) is 0. The van der Waals surface area contributed by atoms with Gasteiger partial charge in [0.05, 0.1) is 35.1 Å². The van der Waals surface area contributed by atoms with E-state index in [1.165, 1.54) is 18.5 Å². The number of halogens is 3. The van der Waals surface area contributed by atoms with Crippen LogP contribution < -0.4 is 9.64 Å². The summed E-state index contributed by atoms with van der Waals surface area (Å²) in [5, 5.41) is 0.310. The van der Waals surface area contributed by atoms with Crippen molar-refractivity contribution in [3.63, 3.8) is 0 Å². The van der Waals surface area contributed by atoms with E-state index in [0.29, 0.717) is 49.4 Å². The number of pyridine rings is 1. The maximum atomic E-state index is 18.0. The molecular formula is C57H57F3N8O4. The largest absolute Gasteiger partial charge is 0.461 e. The third kappa shape index (κ3) is 7.86. The molecule has 6 aliphatic heterocycles. The van der Waals surface area contributed by atoms with Gasteiger partial charge in [-0.3, -0.25) is 24.5 Å². The zero-order valence-corrected chi connectivity index (χ0v) is 40.7. The molecule has 0 aliphatic carbocycles. The Morgan fingerprint density at radius 1 is 0.806 bits per heavy atom. The highest BCUT2D eigenvalue weighted by Gasteiger charge is 2.57. The highest BCUT2D eigenvalue weighted by molar-refractivity contribution is 5.95. The minimum atomic E-state index is -0.981. The normalized spacial score (nSPS) is 24.8. The van der Waals surface area contributed by atoms with Crippen molar-refractivity contribution in [1.82, 2.24) is 34.6 Å². The number of anilines is 1. The zero-order valence-electron chi connectivity index (χ0n) is 40.7. The number of benzene rings is 4. The van der Waals surface area contributed by atoms with Crippen molar-refractivity contribution in [1.29, 1.82) is 0 Å². The quantitative estimate of drug-likeness (QED) is 0.0975. The minimum absolute atomic E-state index is 0.0599. The second kappa shape index (κ2) is 17.7. The molecule has 5 fully saturated rings. The highest BCUT2D eigenvalue weighted by Crippen LogP contribution is 2.50. The van der Waals surface area contributed by atoms with Crippen LogP contribution in [-0.2, 0) is 21.6 Å². The van der Waals surface area contributed by atoms with Gasteiger partial charge in [0.2, 0.25) is 5.91 Å². The predicted molar refractivity (Wildman–Crippen MR) is 267 cm³/mol. The Morgan fingerprint density at radius 2 is 1.46 bits per heavy atom. The molecular weight excluding hydrogens is 918 g/mol. The van der Waals surface area contributed by atoms with Gasteiger partial charge in [-0.1, -0.05) is 103 Å². The van der Waals surface area contributed by atoms with Crippen molar-refractivity contribution in [2.75, 3.05) is 44.2 Å². The number of amides is 2. The summed E-state index contributed by atoms with van der Waals surface area (Å²) in [5.41, 5.74) is 1.45. The first-order chi connectivity index (χ1) is 34.8. The van der Waals surface area contributed by atoms with E-state index in [0.717, 1.165) is 48.9 Å². The zero-order chi connectivity index (χ0) is 49.5. The molecule has 2 amide bonds. The Kier molecular flexibility index (Phi) is 11.4. The Morgan fingerprint density at radius 3 is 2.10 bits per heavy atom. The number of aromatic nitrogens is 3. The molecule has 12 nitrogen and oxygen atoms in total. The van der Waals surface area contributed by atoms with E-state index >= 15 is 13.6 Å². The summed E-state index contributed by atoms with van der Waals surface area (Å²) in [4.78, 5) is 52.8. The van der Waals surface area contributed by atoms with Crippen LogP contribution in [0.2, 0.25) is 0 Å². The molecule has 6 aromatic rings. The summed E-state index contributed by atoms with van der Waals surface area (Å²) in [5.74, 6) is -1.25. The average Bonchev–Trinajstić information content (AvgIpc) is 3.88. The lowest BCUT2D eigenvalue weighted by molar-refractivity contribution is -0.129. The summed E-state index contributed by atoms with van der Waals surface area (Å²) in [6, 6.07) is 34.1. The lowest BCUT2D eigenvalue weighted by atomic mass is 9.76. The van der Waals surface area contributed by atoms with Crippen molar-refractivity contribution >= 4 is 34.3 Å². The van der Waals surface area contributed by atoms with Crippen molar-refractivity contribution in [3.8, 4) is 6.01 Å². The van der Waals surface area contributed by atoms with Gasteiger partial charge in [-0.05, 0) is 81.3 Å². The lowest BCUT2D eigenvalue weighted by Gasteiger charge is -2.42. The molecule has 4 aromatic carbocycles. The Balaban J connectivity index is 0.931. The van der Waals surface area contributed by atoms with Gasteiger partial charge in [-0.15, -0.1) is 0 Å². The molecule has 0 N–H and O–H groups in total. The Labute approximate surface area is 417 Å². The fraction of sp³-hybridized carbons (Fsp3) is 0.386. The number of hydrogen-bond acceptors (Lipinski definition) is 10. The van der Waals surface area contributed by atoms with E-state index in [4.69, 9.17) is 24.4 Å². The molecule has 0 spiro atoms. The first-order valence-electron chi connectivity index (χ1n) is 25.2. The lowest BCUT2D eigenvalue weighted by Crippen LogP contribution is -2.57. The fourth-order valence-electron chi connectivity index (χ4n) is 12.6. The van der Waals surface area contributed by atoms with Crippen LogP contribution in [0.5, 0.6) is 6.01 Å². The van der Waals surface area contributed by atoms with Gasteiger partial charge in [-0.2, -0.15) is 9.97 Å². The monoisotopic (exact) mass is 974 g/mol. The van der Waals surface area contributed by atoms with Crippen molar-refractivity contribution in [2.24, 2.45) is 0 Å². The van der Waals surface area contributed by atoms with Crippen LogP contribution in [0, 0.1) is 11.6 Å². The van der Waals surface area contributed by atoms with Gasteiger partial charge in [0.15, 0.2) is 5.82 Å². The molecule has 8 heterocycles. The molecule has 0 saturated carbocycles. The summed E-state index contributed by atoms with van der Waals surface area (Å²) >= 11 is 0. The minimum Gasteiger partial charge on any atom is -0.461 e. The molecule has 370 valence electrons. The number of rotatable bonds is 10. The summed E-state index contributed by atoms with van der Waals surface area (Å²) in [7, 11) is 0. The van der Waals surface area contributed by atoms with Crippen molar-refractivity contribution < 1.29 is 32.2 Å². The van der Waals surface area contributed by atoms with Gasteiger partial charge in [0.1, 0.15) is 47.3 Å². The van der Waals surface area contributed by atoms with Gasteiger partial charge in [-0.25, -0.2) is 18.0 Å². The topological polar surface area (TPSA) is 107 Å². The van der Waals surface area contributed by atoms with E-state index in [9.17, 15) is 9.18 Å². The summed E-state index contributed by atoms with van der Waals surface area (Å²) < 4.78 is 61.4. The second-order valence-electron chi connectivity index (χ2n) is 21.3. The number of ether oxygens (including phenoxy) is 2.